The second-order valence-corrected chi connectivity index (χ2v) is 4.27. The molecule has 4 nitrogen and oxygen atoms in total. The lowest BCUT2D eigenvalue weighted by molar-refractivity contribution is 0.597. The molecule has 4 heteroatoms. The molecule has 0 saturated carbocycles. The molecule has 0 spiro atoms. The minimum atomic E-state index is -0.0524. The van der Waals surface area contributed by atoms with E-state index in [4.69, 9.17) is 4.42 Å². The van der Waals surface area contributed by atoms with E-state index in [2.05, 4.69) is 17.1 Å². The third-order valence-corrected chi connectivity index (χ3v) is 3.12. The van der Waals surface area contributed by atoms with Crippen LogP contribution in [-0.2, 0) is 6.42 Å². The summed E-state index contributed by atoms with van der Waals surface area (Å²) in [6.07, 6.45) is 10.3. The molecule has 0 N–H and O–H groups in total. The molecule has 1 aliphatic rings. The molecule has 0 bridgehead atoms. The fraction of sp³-hybridized carbons (Fsp3) is 0.375. The van der Waals surface area contributed by atoms with E-state index in [1.165, 1.54) is 6.26 Å². The van der Waals surface area contributed by atoms with Gasteiger partial charge in [0.25, 0.3) is 5.56 Å². The Morgan fingerprint density at radius 1 is 1.35 bits per heavy atom. The van der Waals surface area contributed by atoms with Crippen molar-refractivity contribution in [1.29, 1.82) is 0 Å². The fourth-order valence-corrected chi connectivity index (χ4v) is 2.22. The second-order valence-electron chi connectivity index (χ2n) is 4.27. The molecule has 0 saturated heterocycles. The Hall–Kier alpha value is -2.10. The maximum atomic E-state index is 12.5. The number of rotatable bonds is 2. The molecule has 0 fully saturated rings. The van der Waals surface area contributed by atoms with E-state index in [0.717, 1.165) is 24.4 Å². The van der Waals surface area contributed by atoms with Crippen LogP contribution in [0.1, 0.15) is 39.4 Å². The van der Waals surface area contributed by atoms with Crippen molar-refractivity contribution in [2.45, 2.75) is 40.0 Å². The number of aryl methyl sites for hydroxylation is 1. The molecular formula is C16H20N2O2. The Kier molecular flexibility index (Phi) is 4.56. The van der Waals surface area contributed by atoms with Gasteiger partial charge in [0.15, 0.2) is 0 Å². The minimum Gasteiger partial charge on any atom is -0.446 e. The zero-order chi connectivity index (χ0) is 14.5. The van der Waals surface area contributed by atoms with Gasteiger partial charge < -0.3 is 4.42 Å². The first kappa shape index (κ1) is 14.3. The number of hydrogen-bond donors (Lipinski definition) is 0. The normalized spacial score (nSPS) is 13.8. The van der Waals surface area contributed by atoms with E-state index in [0.29, 0.717) is 17.5 Å². The van der Waals surface area contributed by atoms with Crippen molar-refractivity contribution in [3.05, 3.63) is 46.7 Å². The van der Waals surface area contributed by atoms with Crippen LogP contribution in [0, 0.1) is 0 Å². The second kappa shape index (κ2) is 6.37. The van der Waals surface area contributed by atoms with Gasteiger partial charge >= 0.3 is 0 Å². The van der Waals surface area contributed by atoms with Crippen molar-refractivity contribution < 1.29 is 4.42 Å². The van der Waals surface area contributed by atoms with Crippen LogP contribution in [0.15, 0.2) is 39.8 Å². The van der Waals surface area contributed by atoms with Crippen LogP contribution < -0.4 is 5.56 Å². The maximum Gasteiger partial charge on any atom is 0.269 e. The molecule has 3 rings (SSSR count). The highest BCUT2D eigenvalue weighted by Gasteiger charge is 2.14. The maximum absolute atomic E-state index is 12.5. The van der Waals surface area contributed by atoms with Crippen LogP contribution in [-0.4, -0.2) is 9.55 Å². The number of aromatic nitrogens is 2. The van der Waals surface area contributed by atoms with Crippen LogP contribution in [0.5, 0.6) is 0 Å². The zero-order valence-electron chi connectivity index (χ0n) is 12.2. The number of allylic oxidation sites excluding steroid dienone is 4. The predicted molar refractivity (Wildman–Crippen MR) is 81.6 cm³/mol. The van der Waals surface area contributed by atoms with Crippen LogP contribution in [0.4, 0.5) is 0 Å². The Bertz CT molecular complexity index is 705. The van der Waals surface area contributed by atoms with Crippen molar-refractivity contribution in [3.63, 3.8) is 0 Å². The average Bonchev–Trinajstić information content (AvgIpc) is 2.98. The van der Waals surface area contributed by atoms with E-state index in [1.54, 1.807) is 10.6 Å². The van der Waals surface area contributed by atoms with Crippen molar-refractivity contribution in [1.82, 2.24) is 9.55 Å². The van der Waals surface area contributed by atoms with Crippen molar-refractivity contribution in [2.24, 2.45) is 0 Å². The Morgan fingerprint density at radius 3 is 2.80 bits per heavy atom. The van der Waals surface area contributed by atoms with Gasteiger partial charge in [-0.3, -0.25) is 9.36 Å². The van der Waals surface area contributed by atoms with Gasteiger partial charge in [-0.2, -0.15) is 4.98 Å². The van der Waals surface area contributed by atoms with Gasteiger partial charge in [-0.05, 0) is 25.0 Å². The summed E-state index contributed by atoms with van der Waals surface area (Å²) in [5.74, 6) is 0.736. The fourth-order valence-electron chi connectivity index (χ4n) is 2.22. The van der Waals surface area contributed by atoms with Gasteiger partial charge in [-0.25, -0.2) is 0 Å². The van der Waals surface area contributed by atoms with E-state index in [-0.39, 0.29) is 5.56 Å². The first-order valence-corrected chi connectivity index (χ1v) is 7.17. The molecule has 106 valence electrons. The lowest BCUT2D eigenvalue weighted by atomic mass is 10.1. The topological polar surface area (TPSA) is 48.0 Å². The first-order valence-electron chi connectivity index (χ1n) is 7.17. The smallest absolute Gasteiger partial charge is 0.269 e. The molecule has 0 aromatic carbocycles. The summed E-state index contributed by atoms with van der Waals surface area (Å²) in [6, 6.07) is 1.67. The van der Waals surface area contributed by atoms with Crippen molar-refractivity contribution in [3.8, 4) is 0 Å². The van der Waals surface area contributed by atoms with Crippen LogP contribution in [0.25, 0.3) is 16.8 Å². The molecule has 2 heterocycles. The summed E-state index contributed by atoms with van der Waals surface area (Å²) in [4.78, 5) is 16.9. The SMILES string of the molecule is CC.CCc1nc2occc2c(=O)n1C1=CCCC=C1. The lowest BCUT2D eigenvalue weighted by Gasteiger charge is -2.13. The highest BCUT2D eigenvalue weighted by Crippen LogP contribution is 2.17. The third kappa shape index (κ3) is 2.46. The predicted octanol–water partition coefficient (Wildman–Crippen LogP) is 3.77. The molecule has 0 unspecified atom stereocenters. The summed E-state index contributed by atoms with van der Waals surface area (Å²) in [5, 5.41) is 0.534. The molecule has 0 aliphatic heterocycles. The Labute approximate surface area is 118 Å². The molecule has 1 aliphatic carbocycles. The highest BCUT2D eigenvalue weighted by atomic mass is 16.3. The summed E-state index contributed by atoms with van der Waals surface area (Å²) < 4.78 is 6.91. The summed E-state index contributed by atoms with van der Waals surface area (Å²) in [6.45, 7) is 5.99. The Morgan fingerprint density at radius 2 is 2.15 bits per heavy atom. The monoisotopic (exact) mass is 272 g/mol. The van der Waals surface area contributed by atoms with Gasteiger partial charge in [-0.1, -0.05) is 32.9 Å². The van der Waals surface area contributed by atoms with Crippen molar-refractivity contribution >= 4 is 16.8 Å². The standard InChI is InChI=1S/C14H14N2O2.C2H6/c1-2-12-15-13-11(8-9-18-13)14(17)16(12)10-6-4-3-5-7-10;1-2/h4,6-9H,2-3,5H2,1H3;1-2H3. The molecule has 2 aromatic rings. The highest BCUT2D eigenvalue weighted by molar-refractivity contribution is 5.74. The largest absolute Gasteiger partial charge is 0.446 e. The van der Waals surface area contributed by atoms with Gasteiger partial charge in [0, 0.05) is 12.1 Å². The number of furan rings is 1. The molecular weight excluding hydrogens is 252 g/mol. The first-order chi connectivity index (χ1) is 9.81. The van der Waals surface area contributed by atoms with Crippen LogP contribution in [0.3, 0.4) is 0 Å². The van der Waals surface area contributed by atoms with Crippen LogP contribution >= 0.6 is 0 Å². The van der Waals surface area contributed by atoms with E-state index in [9.17, 15) is 4.79 Å². The van der Waals surface area contributed by atoms with Gasteiger partial charge in [0.05, 0.1) is 6.26 Å². The molecule has 2 aromatic heterocycles. The molecule has 0 radical (unpaired) electrons. The van der Waals surface area contributed by atoms with E-state index in [1.807, 2.05) is 26.8 Å². The summed E-state index contributed by atoms with van der Waals surface area (Å²) >= 11 is 0. The molecule has 0 atom stereocenters. The Balaban J connectivity index is 0.000000704. The quantitative estimate of drug-likeness (QED) is 0.836. The van der Waals surface area contributed by atoms with Gasteiger partial charge in [-0.15, -0.1) is 0 Å². The minimum absolute atomic E-state index is 0.0524. The number of nitrogens with zero attached hydrogens (tertiary/aromatic N) is 2. The van der Waals surface area contributed by atoms with Crippen LogP contribution in [0.2, 0.25) is 0 Å². The molecule has 20 heavy (non-hydrogen) atoms. The average molecular weight is 272 g/mol. The number of hydrogen-bond acceptors (Lipinski definition) is 3. The van der Waals surface area contributed by atoms with E-state index >= 15 is 0 Å². The summed E-state index contributed by atoms with van der Waals surface area (Å²) in [7, 11) is 0. The van der Waals surface area contributed by atoms with Gasteiger partial charge in [0.2, 0.25) is 5.71 Å². The van der Waals surface area contributed by atoms with Gasteiger partial charge in [0.1, 0.15) is 11.2 Å². The third-order valence-electron chi connectivity index (χ3n) is 3.12. The number of fused-ring (bicyclic) bond motifs is 1. The van der Waals surface area contributed by atoms with Crippen molar-refractivity contribution in [2.75, 3.05) is 0 Å². The lowest BCUT2D eigenvalue weighted by Crippen LogP contribution is -2.24. The zero-order valence-corrected chi connectivity index (χ0v) is 12.2. The molecule has 0 amide bonds. The van der Waals surface area contributed by atoms with E-state index < -0.39 is 0 Å². The summed E-state index contributed by atoms with van der Waals surface area (Å²) in [5.41, 5.74) is 1.29.